The zero-order valence-electron chi connectivity index (χ0n) is 5.18. The van der Waals surface area contributed by atoms with Crippen molar-refractivity contribution in [2.75, 3.05) is 6.61 Å². The van der Waals surface area contributed by atoms with Crippen LogP contribution in [0, 0.1) is 0 Å². The Hall–Kier alpha value is -0.00312. The molecule has 0 aromatic carbocycles. The van der Waals surface area contributed by atoms with Crippen molar-refractivity contribution in [2.24, 2.45) is 0 Å². The Morgan fingerprint density at radius 1 is 1.67 bits per heavy atom. The Labute approximate surface area is 54.8 Å². The summed E-state index contributed by atoms with van der Waals surface area (Å²) in [7, 11) is -0.654. The van der Waals surface area contributed by atoms with Crippen LogP contribution in [0.3, 0.4) is 0 Å². The molecule has 0 saturated carbocycles. The molecule has 2 nitrogen and oxygen atoms in total. The normalized spacial score (nSPS) is 15.7. The van der Waals surface area contributed by atoms with Gasteiger partial charge in [0.25, 0.3) is 6.43 Å². The van der Waals surface area contributed by atoms with Gasteiger partial charge in [0.1, 0.15) is 6.10 Å². The molecule has 0 spiro atoms. The highest BCUT2D eigenvalue weighted by Gasteiger charge is 2.15. The minimum absolute atomic E-state index is 0.222. The van der Waals surface area contributed by atoms with E-state index in [0.29, 0.717) is 0 Å². The summed E-state index contributed by atoms with van der Waals surface area (Å²) in [6.07, 6.45) is -4.28. The second kappa shape index (κ2) is 4.84. The molecule has 0 aromatic rings. The van der Waals surface area contributed by atoms with Crippen molar-refractivity contribution < 1.29 is 18.3 Å². The predicted octanol–water partition coefficient (Wildman–Crippen LogP) is -0.239. The average molecular weight is 156 g/mol. The van der Waals surface area contributed by atoms with Crippen LogP contribution in [-0.4, -0.2) is 34.0 Å². The van der Waals surface area contributed by atoms with E-state index >= 15 is 0 Å². The lowest BCUT2D eigenvalue weighted by molar-refractivity contribution is -0.0278. The van der Waals surface area contributed by atoms with Crippen LogP contribution >= 0.6 is 0 Å². The molecule has 0 aliphatic rings. The van der Waals surface area contributed by atoms with Crippen molar-refractivity contribution in [3.63, 3.8) is 0 Å². The highest BCUT2D eigenvalue weighted by molar-refractivity contribution is 6.24. The van der Waals surface area contributed by atoms with Crippen molar-refractivity contribution in [1.82, 2.24) is 0 Å². The minimum Gasteiger partial charge on any atom is -0.421 e. The van der Waals surface area contributed by atoms with Crippen molar-refractivity contribution in [3.05, 3.63) is 0 Å². The highest BCUT2D eigenvalue weighted by Crippen LogP contribution is 1.99. The molecule has 0 aliphatic carbocycles. The Bertz CT molecular complexity index is 71.6. The second-order valence-corrected chi connectivity index (χ2v) is 2.55. The summed E-state index contributed by atoms with van der Waals surface area (Å²) >= 11 is 0. The van der Waals surface area contributed by atoms with Crippen molar-refractivity contribution in [3.8, 4) is 0 Å². The van der Waals surface area contributed by atoms with Gasteiger partial charge in [-0.2, -0.15) is 0 Å². The van der Waals surface area contributed by atoms with E-state index in [2.05, 4.69) is 4.43 Å². The molecular formula is C4H10F2O2Si. The Morgan fingerprint density at radius 2 is 2.22 bits per heavy atom. The fourth-order valence-corrected chi connectivity index (χ4v) is 0.789. The van der Waals surface area contributed by atoms with E-state index in [-0.39, 0.29) is 6.61 Å². The number of aliphatic hydroxyl groups is 1. The summed E-state index contributed by atoms with van der Waals surface area (Å²) < 4.78 is 27.5. The molecule has 0 aliphatic heterocycles. The molecule has 9 heavy (non-hydrogen) atoms. The molecule has 0 rings (SSSR count). The van der Waals surface area contributed by atoms with Gasteiger partial charge in [-0.05, 0) is 0 Å². The third kappa shape index (κ3) is 4.50. The lowest BCUT2D eigenvalue weighted by Gasteiger charge is -2.07. The number of aliphatic hydroxyl groups excluding tert-OH is 1. The molecule has 0 fully saturated rings. The largest absolute Gasteiger partial charge is 0.421 e. The fourth-order valence-electron chi connectivity index (χ4n) is 0.311. The zero-order valence-corrected chi connectivity index (χ0v) is 6.59. The van der Waals surface area contributed by atoms with Crippen LogP contribution in [0.4, 0.5) is 8.78 Å². The third-order valence-corrected chi connectivity index (χ3v) is 1.43. The van der Waals surface area contributed by atoms with E-state index in [1.165, 1.54) is 0 Å². The van der Waals surface area contributed by atoms with Crippen LogP contribution in [0.2, 0.25) is 6.55 Å². The highest BCUT2D eigenvalue weighted by atomic mass is 28.2. The van der Waals surface area contributed by atoms with Gasteiger partial charge in [0.05, 0.1) is 6.61 Å². The summed E-state index contributed by atoms with van der Waals surface area (Å²) in [6.45, 7) is 1.60. The summed E-state index contributed by atoms with van der Waals surface area (Å²) in [5.41, 5.74) is 0. The van der Waals surface area contributed by atoms with Gasteiger partial charge in [-0.15, -0.1) is 0 Å². The molecule has 0 aromatic heterocycles. The van der Waals surface area contributed by atoms with Crippen LogP contribution in [0.1, 0.15) is 0 Å². The molecule has 0 heterocycles. The lowest BCUT2D eigenvalue weighted by Crippen LogP contribution is -2.24. The first kappa shape index (κ1) is 9.00. The van der Waals surface area contributed by atoms with Crippen molar-refractivity contribution >= 4 is 9.76 Å². The topological polar surface area (TPSA) is 29.5 Å². The third-order valence-electron chi connectivity index (χ3n) is 0.784. The Kier molecular flexibility index (Phi) is 4.83. The molecule has 56 valence electrons. The Balaban J connectivity index is 3.16. The molecule has 1 atom stereocenters. The maximum absolute atomic E-state index is 11.4. The average Bonchev–Trinajstić information content (AvgIpc) is 1.82. The molecule has 0 saturated heterocycles. The van der Waals surface area contributed by atoms with Gasteiger partial charge in [0.2, 0.25) is 0 Å². The maximum atomic E-state index is 11.4. The van der Waals surface area contributed by atoms with Gasteiger partial charge in [-0.25, -0.2) is 8.78 Å². The predicted molar refractivity (Wildman–Crippen MR) is 32.4 cm³/mol. The van der Waals surface area contributed by atoms with Gasteiger partial charge in [0, 0.05) is 0 Å². The fraction of sp³-hybridized carbons (Fsp3) is 1.00. The molecule has 5 heteroatoms. The first-order valence-electron chi connectivity index (χ1n) is 2.72. The number of hydrogen-bond donors (Lipinski definition) is 1. The minimum atomic E-state index is -2.68. The number of alkyl halides is 2. The van der Waals surface area contributed by atoms with E-state index in [1.54, 1.807) is 0 Å². The molecule has 0 bridgehead atoms. The Morgan fingerprint density at radius 3 is 2.56 bits per heavy atom. The number of hydrogen-bond acceptors (Lipinski definition) is 2. The van der Waals surface area contributed by atoms with Gasteiger partial charge in [-0.1, -0.05) is 6.55 Å². The SMILES string of the molecule is C[SiH2]OC[C@@H](O)C(F)F. The molecule has 0 unspecified atom stereocenters. The van der Waals surface area contributed by atoms with Gasteiger partial charge >= 0.3 is 0 Å². The molecule has 0 amide bonds. The summed E-state index contributed by atoms with van der Waals surface area (Å²) in [5, 5.41) is 8.40. The quantitative estimate of drug-likeness (QED) is 0.569. The zero-order chi connectivity index (χ0) is 7.28. The summed E-state index contributed by atoms with van der Waals surface area (Å²) in [5.74, 6) is 0. The van der Waals surface area contributed by atoms with Crippen LogP contribution < -0.4 is 0 Å². The molecule has 0 radical (unpaired) electrons. The first-order valence-corrected chi connectivity index (χ1v) is 4.71. The van der Waals surface area contributed by atoms with Crippen molar-refractivity contribution in [2.45, 2.75) is 19.1 Å². The van der Waals surface area contributed by atoms with Crippen LogP contribution in [0.5, 0.6) is 0 Å². The summed E-state index contributed by atoms with van der Waals surface area (Å²) in [6, 6.07) is 0. The van der Waals surface area contributed by atoms with Gasteiger partial charge in [-0.3, -0.25) is 0 Å². The monoisotopic (exact) mass is 156 g/mol. The van der Waals surface area contributed by atoms with Crippen LogP contribution in [-0.2, 0) is 4.43 Å². The standard InChI is InChI=1S/C4H10F2O2Si/c1-9-8-2-3(7)4(5)6/h3-4,7H,2,9H2,1H3/t3-/m1/s1. The van der Waals surface area contributed by atoms with E-state index in [0.717, 1.165) is 0 Å². The van der Waals surface area contributed by atoms with E-state index in [9.17, 15) is 8.78 Å². The van der Waals surface area contributed by atoms with Crippen LogP contribution in [0.25, 0.3) is 0 Å². The van der Waals surface area contributed by atoms with E-state index in [4.69, 9.17) is 5.11 Å². The number of halogens is 2. The smallest absolute Gasteiger partial charge is 0.266 e. The maximum Gasteiger partial charge on any atom is 0.266 e. The first-order chi connectivity index (χ1) is 4.18. The second-order valence-electron chi connectivity index (χ2n) is 1.56. The lowest BCUT2D eigenvalue weighted by atomic mass is 10.4. The molecular weight excluding hydrogens is 146 g/mol. The van der Waals surface area contributed by atoms with Gasteiger partial charge in [0.15, 0.2) is 9.76 Å². The molecule has 1 N–H and O–H groups in total. The van der Waals surface area contributed by atoms with Crippen molar-refractivity contribution in [1.29, 1.82) is 0 Å². The number of rotatable bonds is 4. The summed E-state index contributed by atoms with van der Waals surface area (Å²) in [4.78, 5) is 0. The van der Waals surface area contributed by atoms with E-state index < -0.39 is 22.3 Å². The van der Waals surface area contributed by atoms with Gasteiger partial charge < -0.3 is 9.53 Å². The van der Waals surface area contributed by atoms with Crippen LogP contribution in [0.15, 0.2) is 0 Å². The van der Waals surface area contributed by atoms with E-state index in [1.807, 2.05) is 6.55 Å².